The number of aliphatic hydroxyl groups excluding tert-OH is 1. The zero-order valence-electron chi connectivity index (χ0n) is 22.7. The van der Waals surface area contributed by atoms with Gasteiger partial charge in [-0.3, -0.25) is 14.4 Å². The van der Waals surface area contributed by atoms with Gasteiger partial charge in [0.1, 0.15) is 24.1 Å². The molecule has 2 N–H and O–H groups in total. The van der Waals surface area contributed by atoms with E-state index >= 15 is 0 Å². The van der Waals surface area contributed by atoms with Crippen LogP contribution in [-0.4, -0.2) is 21.8 Å². The molecule has 37 heavy (non-hydrogen) atoms. The van der Waals surface area contributed by atoms with E-state index in [1.165, 1.54) is 12.5 Å². The van der Waals surface area contributed by atoms with Gasteiger partial charge in [0.2, 0.25) is 5.43 Å². The highest BCUT2D eigenvalue weighted by Gasteiger charge is 2.24. The standard InChI is InChI=1S/C30H42O7/c1-21-22(17-36-19-26(21)33)15-29(2,3)13-7-11-24(31)9-6-10-25(32)12-8-14-30(4,5)16-23-18-37-20-27(34)28(23)35/h17-20,33-34H,1,6-16H2,2-5H3. The zero-order chi connectivity index (χ0) is 27.6. The first-order valence-electron chi connectivity index (χ1n) is 13.0. The van der Waals surface area contributed by atoms with Crippen LogP contribution in [-0.2, 0) is 20.7 Å². The second-order valence-corrected chi connectivity index (χ2v) is 11.7. The van der Waals surface area contributed by atoms with Crippen molar-refractivity contribution in [2.75, 3.05) is 0 Å². The molecule has 7 heteroatoms. The smallest absolute Gasteiger partial charge is 0.229 e. The number of allylic oxidation sites excluding steroid dienone is 1. The molecule has 7 nitrogen and oxygen atoms in total. The monoisotopic (exact) mass is 514 g/mol. The number of rotatable bonds is 16. The Bertz CT molecular complexity index is 1090. The number of ketones is 2. The van der Waals surface area contributed by atoms with Gasteiger partial charge in [-0.05, 0) is 61.3 Å². The highest BCUT2D eigenvalue weighted by atomic mass is 16.5. The third-order valence-corrected chi connectivity index (χ3v) is 6.87. The molecule has 0 unspecified atom stereocenters. The molecule has 0 spiro atoms. The molecule has 2 rings (SSSR count). The van der Waals surface area contributed by atoms with Gasteiger partial charge in [-0.2, -0.15) is 0 Å². The Kier molecular flexibility index (Phi) is 11.0. The molecule has 0 radical (unpaired) electrons. The van der Waals surface area contributed by atoms with Crippen molar-refractivity contribution in [1.29, 1.82) is 0 Å². The van der Waals surface area contributed by atoms with Gasteiger partial charge < -0.3 is 19.4 Å². The summed E-state index contributed by atoms with van der Waals surface area (Å²) < 4.78 is 10.1. The van der Waals surface area contributed by atoms with Crippen LogP contribution in [0.1, 0.15) is 97.5 Å². The van der Waals surface area contributed by atoms with Crippen molar-refractivity contribution in [3.05, 3.63) is 64.3 Å². The molecular formula is C30H42O7. The molecule has 0 aromatic carbocycles. The van der Waals surface area contributed by atoms with E-state index in [0.717, 1.165) is 31.1 Å². The van der Waals surface area contributed by atoms with Crippen molar-refractivity contribution in [3.63, 3.8) is 0 Å². The number of carbonyl (C=O) groups is 2. The third-order valence-electron chi connectivity index (χ3n) is 6.87. The summed E-state index contributed by atoms with van der Waals surface area (Å²) in [7, 11) is 0. The van der Waals surface area contributed by atoms with Crippen molar-refractivity contribution in [2.24, 2.45) is 10.8 Å². The summed E-state index contributed by atoms with van der Waals surface area (Å²) in [5, 5.41) is 19.3. The van der Waals surface area contributed by atoms with Crippen molar-refractivity contribution in [1.82, 2.24) is 0 Å². The molecule has 204 valence electrons. The highest BCUT2D eigenvalue weighted by molar-refractivity contribution is 5.81. The first-order chi connectivity index (χ1) is 17.3. The molecule has 0 aliphatic carbocycles. The fourth-order valence-electron chi connectivity index (χ4n) is 4.68. The number of ether oxygens (including phenoxy) is 1. The maximum Gasteiger partial charge on any atom is 0.229 e. The average molecular weight is 515 g/mol. The lowest BCUT2D eigenvalue weighted by Gasteiger charge is -2.27. The third kappa shape index (κ3) is 10.4. The topological polar surface area (TPSA) is 114 Å². The minimum Gasteiger partial charge on any atom is -0.504 e. The largest absolute Gasteiger partial charge is 0.504 e. The SMILES string of the molecule is C=C1C(O)=COC=C1CC(C)(C)CCCC(=O)CCCC(=O)CCCC(C)(C)Cc1cocc(O)c1=O. The molecule has 2 heterocycles. The van der Waals surface area contributed by atoms with Gasteiger partial charge in [0, 0.05) is 36.8 Å². The van der Waals surface area contributed by atoms with Gasteiger partial charge in [-0.15, -0.1) is 0 Å². The summed E-state index contributed by atoms with van der Waals surface area (Å²) in [5.41, 5.74) is 1.18. The van der Waals surface area contributed by atoms with Gasteiger partial charge in [0.15, 0.2) is 11.5 Å². The number of carbonyl (C=O) groups excluding carboxylic acids is 2. The number of hydrogen-bond donors (Lipinski definition) is 2. The highest BCUT2D eigenvalue weighted by Crippen LogP contribution is 2.36. The summed E-state index contributed by atoms with van der Waals surface area (Å²) in [5.74, 6) is -0.00902. The summed E-state index contributed by atoms with van der Waals surface area (Å²) in [6.45, 7) is 12.2. The van der Waals surface area contributed by atoms with Crippen LogP contribution in [0, 0.1) is 10.8 Å². The van der Waals surface area contributed by atoms with E-state index in [-0.39, 0.29) is 33.9 Å². The number of aromatic hydroxyl groups is 1. The molecule has 1 aromatic rings. The van der Waals surface area contributed by atoms with Crippen LogP contribution in [0.2, 0.25) is 0 Å². The zero-order valence-corrected chi connectivity index (χ0v) is 22.7. The maximum absolute atomic E-state index is 12.3. The summed E-state index contributed by atoms with van der Waals surface area (Å²) in [6.07, 6.45) is 11.9. The first kappa shape index (κ1) is 30.1. The van der Waals surface area contributed by atoms with Gasteiger partial charge in [0.05, 0.1) is 12.5 Å². The van der Waals surface area contributed by atoms with E-state index in [1.54, 1.807) is 6.26 Å². The van der Waals surface area contributed by atoms with Crippen LogP contribution in [0.15, 0.2) is 57.7 Å². The second-order valence-electron chi connectivity index (χ2n) is 11.7. The summed E-state index contributed by atoms with van der Waals surface area (Å²) in [6, 6.07) is 0. The van der Waals surface area contributed by atoms with E-state index in [2.05, 4.69) is 20.4 Å². The molecule has 1 aliphatic heterocycles. The predicted octanol–water partition coefficient (Wildman–Crippen LogP) is 6.85. The summed E-state index contributed by atoms with van der Waals surface area (Å²) in [4.78, 5) is 36.6. The Labute approximate surface area is 219 Å². The molecule has 0 atom stereocenters. The van der Waals surface area contributed by atoms with Crippen LogP contribution in [0.3, 0.4) is 0 Å². The van der Waals surface area contributed by atoms with Crippen molar-refractivity contribution in [3.8, 4) is 5.75 Å². The normalized spacial score (nSPS) is 14.1. The van der Waals surface area contributed by atoms with Crippen LogP contribution in [0.4, 0.5) is 0 Å². The quantitative estimate of drug-likeness (QED) is 0.248. The van der Waals surface area contributed by atoms with E-state index in [4.69, 9.17) is 9.15 Å². The predicted molar refractivity (Wildman–Crippen MR) is 143 cm³/mol. The van der Waals surface area contributed by atoms with Gasteiger partial charge >= 0.3 is 0 Å². The molecule has 0 bridgehead atoms. The summed E-state index contributed by atoms with van der Waals surface area (Å²) >= 11 is 0. The van der Waals surface area contributed by atoms with E-state index in [0.29, 0.717) is 62.5 Å². The Hall–Kier alpha value is -3.09. The van der Waals surface area contributed by atoms with Crippen LogP contribution in [0.25, 0.3) is 0 Å². The van der Waals surface area contributed by atoms with Gasteiger partial charge in [-0.1, -0.05) is 34.3 Å². The Morgan fingerprint density at radius 3 is 1.97 bits per heavy atom. The van der Waals surface area contributed by atoms with Crippen LogP contribution < -0.4 is 5.43 Å². The lowest BCUT2D eigenvalue weighted by molar-refractivity contribution is -0.120. The fourth-order valence-corrected chi connectivity index (χ4v) is 4.68. The van der Waals surface area contributed by atoms with E-state index < -0.39 is 5.43 Å². The van der Waals surface area contributed by atoms with Crippen molar-refractivity contribution in [2.45, 2.75) is 98.3 Å². The number of aliphatic hydroxyl groups is 1. The lowest BCUT2D eigenvalue weighted by atomic mass is 9.79. The molecule has 1 aliphatic rings. The minimum absolute atomic E-state index is 0.0456. The molecule has 0 amide bonds. The van der Waals surface area contributed by atoms with Crippen LogP contribution >= 0.6 is 0 Å². The van der Waals surface area contributed by atoms with Crippen LogP contribution in [0.5, 0.6) is 5.75 Å². The Balaban J connectivity index is 1.61. The van der Waals surface area contributed by atoms with Crippen molar-refractivity contribution >= 4 is 11.6 Å². The van der Waals surface area contributed by atoms with E-state index in [1.807, 2.05) is 13.8 Å². The lowest BCUT2D eigenvalue weighted by Crippen LogP contribution is -2.20. The average Bonchev–Trinajstić information content (AvgIpc) is 2.79. The Morgan fingerprint density at radius 2 is 1.38 bits per heavy atom. The molecule has 1 aromatic heterocycles. The first-order valence-corrected chi connectivity index (χ1v) is 13.0. The minimum atomic E-state index is -0.413. The number of hydrogen-bond acceptors (Lipinski definition) is 7. The fraction of sp³-hybridized carbons (Fsp3) is 0.567. The van der Waals surface area contributed by atoms with E-state index in [9.17, 15) is 24.6 Å². The molecule has 0 saturated carbocycles. The molecular weight excluding hydrogens is 472 g/mol. The van der Waals surface area contributed by atoms with Gasteiger partial charge in [0.25, 0.3) is 0 Å². The molecule has 0 fully saturated rings. The van der Waals surface area contributed by atoms with Crippen molar-refractivity contribution < 1.29 is 29.0 Å². The second kappa shape index (κ2) is 13.5. The Morgan fingerprint density at radius 1 is 0.838 bits per heavy atom. The number of Topliss-reactive ketones (excluding diaryl/α,β-unsaturated/α-hetero) is 2. The maximum atomic E-state index is 12.3. The molecule has 0 saturated heterocycles. The van der Waals surface area contributed by atoms with Gasteiger partial charge in [-0.25, -0.2) is 0 Å².